The van der Waals surface area contributed by atoms with Crippen LogP contribution in [0.25, 0.3) is 0 Å². The molecule has 0 aliphatic carbocycles. The van der Waals surface area contributed by atoms with Crippen LogP contribution in [0.5, 0.6) is 11.5 Å². The molecule has 0 saturated heterocycles. The number of urea groups is 1. The summed E-state index contributed by atoms with van der Waals surface area (Å²) >= 11 is 1.66. The third-order valence-electron chi connectivity index (χ3n) is 3.73. The predicted molar refractivity (Wildman–Crippen MR) is 97.1 cm³/mol. The topological polar surface area (TPSA) is 50.8 Å². The molecule has 0 fully saturated rings. The van der Waals surface area contributed by atoms with Crippen LogP contribution in [0.4, 0.5) is 4.79 Å². The van der Waals surface area contributed by atoms with Gasteiger partial charge in [-0.1, -0.05) is 12.1 Å². The van der Waals surface area contributed by atoms with E-state index >= 15 is 0 Å². The highest BCUT2D eigenvalue weighted by molar-refractivity contribution is 7.09. The minimum absolute atomic E-state index is 0.0358. The number of thiophene rings is 1. The Labute approximate surface area is 147 Å². The van der Waals surface area contributed by atoms with Gasteiger partial charge in [0.2, 0.25) is 0 Å². The maximum absolute atomic E-state index is 12.3. The fraction of sp³-hybridized carbons (Fsp3) is 0.389. The Kier molecular flexibility index (Phi) is 6.93. The highest BCUT2D eigenvalue weighted by Crippen LogP contribution is 2.27. The standard InChI is InChI=1S/C18H24N2O3S/c1-4-20(13-15-6-5-11-24-15)18(21)19-10-9-14-7-8-16(22-2)17(12-14)23-3/h5-8,11-12H,4,9-10,13H2,1-3H3,(H,19,21). The maximum atomic E-state index is 12.3. The minimum Gasteiger partial charge on any atom is -0.493 e. The third kappa shape index (κ3) is 4.89. The molecule has 2 aromatic rings. The van der Waals surface area contributed by atoms with Crippen LogP contribution >= 0.6 is 11.3 Å². The van der Waals surface area contributed by atoms with Gasteiger partial charge in [-0.15, -0.1) is 11.3 Å². The summed E-state index contributed by atoms with van der Waals surface area (Å²) in [4.78, 5) is 15.3. The molecular weight excluding hydrogens is 324 g/mol. The number of hydrogen-bond donors (Lipinski definition) is 1. The minimum atomic E-state index is -0.0358. The number of rotatable bonds is 8. The van der Waals surface area contributed by atoms with Crippen LogP contribution in [-0.4, -0.2) is 38.2 Å². The molecule has 1 aromatic carbocycles. The van der Waals surface area contributed by atoms with Gasteiger partial charge in [-0.2, -0.15) is 0 Å². The van der Waals surface area contributed by atoms with E-state index in [1.165, 1.54) is 4.88 Å². The molecule has 2 rings (SSSR count). The number of benzene rings is 1. The molecule has 5 nitrogen and oxygen atoms in total. The van der Waals surface area contributed by atoms with Gasteiger partial charge in [-0.3, -0.25) is 0 Å². The summed E-state index contributed by atoms with van der Waals surface area (Å²) in [6.07, 6.45) is 0.739. The maximum Gasteiger partial charge on any atom is 0.317 e. The van der Waals surface area contributed by atoms with Gasteiger partial charge in [0.15, 0.2) is 11.5 Å². The number of carbonyl (C=O) groups is 1. The van der Waals surface area contributed by atoms with Crippen LogP contribution in [-0.2, 0) is 13.0 Å². The van der Waals surface area contributed by atoms with Crippen molar-refractivity contribution in [1.82, 2.24) is 10.2 Å². The van der Waals surface area contributed by atoms with E-state index in [-0.39, 0.29) is 6.03 Å². The van der Waals surface area contributed by atoms with Crippen LogP contribution in [0.2, 0.25) is 0 Å². The lowest BCUT2D eigenvalue weighted by molar-refractivity contribution is 0.199. The molecule has 0 aliphatic heterocycles. The van der Waals surface area contributed by atoms with E-state index in [9.17, 15) is 4.79 Å². The van der Waals surface area contributed by atoms with Crippen molar-refractivity contribution in [2.75, 3.05) is 27.3 Å². The van der Waals surface area contributed by atoms with Gasteiger partial charge in [-0.25, -0.2) is 4.79 Å². The number of carbonyl (C=O) groups excluding carboxylic acids is 1. The van der Waals surface area contributed by atoms with Gasteiger partial charge in [0.1, 0.15) is 0 Å². The lowest BCUT2D eigenvalue weighted by Crippen LogP contribution is -2.40. The van der Waals surface area contributed by atoms with Crippen molar-refractivity contribution in [2.24, 2.45) is 0 Å². The zero-order chi connectivity index (χ0) is 17.4. The van der Waals surface area contributed by atoms with Crippen molar-refractivity contribution in [1.29, 1.82) is 0 Å². The number of ether oxygens (including phenoxy) is 2. The summed E-state index contributed by atoms with van der Waals surface area (Å²) in [5.74, 6) is 1.41. The monoisotopic (exact) mass is 348 g/mol. The molecular formula is C18H24N2O3S. The highest BCUT2D eigenvalue weighted by atomic mass is 32.1. The molecule has 0 atom stereocenters. The third-order valence-corrected chi connectivity index (χ3v) is 4.59. The molecule has 2 amide bonds. The van der Waals surface area contributed by atoms with Crippen LogP contribution < -0.4 is 14.8 Å². The summed E-state index contributed by atoms with van der Waals surface area (Å²) in [6.45, 7) is 3.90. The molecule has 0 saturated carbocycles. The fourth-order valence-electron chi connectivity index (χ4n) is 2.38. The van der Waals surface area contributed by atoms with E-state index in [0.717, 1.165) is 12.0 Å². The largest absolute Gasteiger partial charge is 0.493 e. The van der Waals surface area contributed by atoms with Crippen LogP contribution in [0.1, 0.15) is 17.4 Å². The summed E-state index contributed by atoms with van der Waals surface area (Å²) in [7, 11) is 3.23. The van der Waals surface area contributed by atoms with Crippen molar-refractivity contribution in [2.45, 2.75) is 19.9 Å². The molecule has 24 heavy (non-hydrogen) atoms. The van der Waals surface area contributed by atoms with Crippen LogP contribution in [0.3, 0.4) is 0 Å². The zero-order valence-electron chi connectivity index (χ0n) is 14.4. The average Bonchev–Trinajstić information content (AvgIpc) is 3.12. The molecule has 1 aromatic heterocycles. The van der Waals surface area contributed by atoms with E-state index in [0.29, 0.717) is 31.1 Å². The number of nitrogens with one attached hydrogen (secondary N) is 1. The molecule has 6 heteroatoms. The van der Waals surface area contributed by atoms with Crippen LogP contribution in [0, 0.1) is 0 Å². The van der Waals surface area contributed by atoms with Gasteiger partial charge in [0.05, 0.1) is 20.8 Å². The SMILES string of the molecule is CCN(Cc1cccs1)C(=O)NCCc1ccc(OC)c(OC)c1. The van der Waals surface area contributed by atoms with Gasteiger partial charge in [0.25, 0.3) is 0 Å². The Morgan fingerprint density at radius 1 is 1.21 bits per heavy atom. The summed E-state index contributed by atoms with van der Waals surface area (Å²) in [5, 5.41) is 5.01. The Balaban J connectivity index is 1.85. The first-order valence-electron chi connectivity index (χ1n) is 7.94. The van der Waals surface area contributed by atoms with Crippen molar-refractivity contribution in [3.8, 4) is 11.5 Å². The molecule has 0 aliphatic rings. The highest BCUT2D eigenvalue weighted by Gasteiger charge is 2.12. The average molecular weight is 348 g/mol. The Bertz CT molecular complexity index is 644. The van der Waals surface area contributed by atoms with E-state index in [2.05, 4.69) is 5.32 Å². The molecule has 1 heterocycles. The smallest absolute Gasteiger partial charge is 0.317 e. The Morgan fingerprint density at radius 3 is 2.62 bits per heavy atom. The first-order valence-corrected chi connectivity index (χ1v) is 8.82. The quantitative estimate of drug-likeness (QED) is 0.794. The molecule has 0 unspecified atom stereocenters. The van der Waals surface area contributed by atoms with E-state index in [4.69, 9.17) is 9.47 Å². The second-order valence-corrected chi connectivity index (χ2v) is 6.30. The summed E-state index contributed by atoms with van der Waals surface area (Å²) in [5.41, 5.74) is 1.09. The van der Waals surface area contributed by atoms with Crippen molar-refractivity contribution < 1.29 is 14.3 Å². The van der Waals surface area contributed by atoms with Gasteiger partial charge >= 0.3 is 6.03 Å². The van der Waals surface area contributed by atoms with Gasteiger partial charge in [0, 0.05) is 18.0 Å². The first kappa shape index (κ1) is 18.1. The van der Waals surface area contributed by atoms with E-state index in [1.54, 1.807) is 30.5 Å². The summed E-state index contributed by atoms with van der Waals surface area (Å²) in [6, 6.07) is 9.81. The number of amides is 2. The Hall–Kier alpha value is -2.21. The molecule has 0 bridgehead atoms. The van der Waals surface area contributed by atoms with E-state index in [1.807, 2.05) is 42.6 Å². The second-order valence-electron chi connectivity index (χ2n) is 5.26. The van der Waals surface area contributed by atoms with Crippen molar-refractivity contribution >= 4 is 17.4 Å². The first-order chi connectivity index (χ1) is 11.7. The van der Waals surface area contributed by atoms with Crippen LogP contribution in [0.15, 0.2) is 35.7 Å². The van der Waals surface area contributed by atoms with E-state index < -0.39 is 0 Å². The zero-order valence-corrected chi connectivity index (χ0v) is 15.2. The van der Waals surface area contributed by atoms with Crippen molar-refractivity contribution in [3.05, 3.63) is 46.2 Å². The Morgan fingerprint density at radius 2 is 2.00 bits per heavy atom. The normalized spacial score (nSPS) is 10.3. The molecule has 0 spiro atoms. The van der Waals surface area contributed by atoms with Crippen molar-refractivity contribution in [3.63, 3.8) is 0 Å². The molecule has 1 N–H and O–H groups in total. The number of methoxy groups -OCH3 is 2. The predicted octanol–water partition coefficient (Wildman–Crippen LogP) is 3.54. The number of hydrogen-bond acceptors (Lipinski definition) is 4. The lowest BCUT2D eigenvalue weighted by Gasteiger charge is -2.20. The molecule has 0 radical (unpaired) electrons. The van der Waals surface area contributed by atoms with Gasteiger partial charge in [-0.05, 0) is 42.5 Å². The fourth-order valence-corrected chi connectivity index (χ4v) is 3.10. The lowest BCUT2D eigenvalue weighted by atomic mass is 10.1. The summed E-state index contributed by atoms with van der Waals surface area (Å²) < 4.78 is 10.5. The van der Waals surface area contributed by atoms with Gasteiger partial charge < -0.3 is 19.7 Å². The molecule has 130 valence electrons. The number of nitrogens with zero attached hydrogens (tertiary/aromatic N) is 1. The second kappa shape index (κ2) is 9.17.